The topological polar surface area (TPSA) is 508 Å². The summed E-state index contributed by atoms with van der Waals surface area (Å²) >= 11 is 0. The minimum atomic E-state index is -1.95. The van der Waals surface area contributed by atoms with Gasteiger partial charge in [0.15, 0.2) is 24.1 Å². The van der Waals surface area contributed by atoms with Crippen LogP contribution in [0.25, 0.3) is 0 Å². The average Bonchev–Trinajstić information content (AvgIpc) is 3.41. The molecule has 18 N–H and O–H groups in total. The highest BCUT2D eigenvalue weighted by Crippen LogP contribution is 2.26. The Hall–Kier alpha value is -7.33. The number of aliphatic hydroxyl groups excluding tert-OH is 4. The molecule has 10 atom stereocenters. The van der Waals surface area contributed by atoms with Crippen molar-refractivity contribution in [2.75, 3.05) is 119 Å². The second-order valence-corrected chi connectivity index (χ2v) is 17.0. The number of nitrogens with zero attached hydrogens (tertiary/aromatic N) is 1. The van der Waals surface area contributed by atoms with Gasteiger partial charge in [0.1, 0.15) is 37.6 Å². The lowest BCUT2D eigenvalue weighted by Crippen LogP contribution is -2.65. The number of nitrogens with one attached hydrogen (secondary N) is 8. The van der Waals surface area contributed by atoms with E-state index in [9.17, 15) is 64.2 Å². The first-order valence-electron chi connectivity index (χ1n) is 24.8. The average molecular weight is 1150 g/mol. The molecular formula is C46H75N11O23. The van der Waals surface area contributed by atoms with Crippen molar-refractivity contribution in [2.45, 2.75) is 81.1 Å². The van der Waals surface area contributed by atoms with Crippen LogP contribution in [0.1, 0.15) is 20.3 Å². The molecule has 0 aromatic rings. The fourth-order valence-corrected chi connectivity index (χ4v) is 7.33. The summed E-state index contributed by atoms with van der Waals surface area (Å²) in [7, 11) is 0. The maximum atomic E-state index is 13.3. The number of carboxylic acids is 2. The van der Waals surface area contributed by atoms with Gasteiger partial charge in [-0.3, -0.25) is 25.2 Å². The smallest absolute Gasteiger partial charge is 0.407 e. The standard InChI is InChI=1S/C46H75N11O23/c1-4-10-71-16-18-75-20-21-76-19-17-72-11-5-34(63)57(8-14-73-12-6-51-45(69)77-25-31(62)37(64)39-35(53-26(2)59)28(55-43(47)48)22-32(78-39)41(65)66)9-15-74-13-7-52-46(70)80-38(30(61)24-58)40-36(54-27(3)60)29(56-44(49)50)23-33(79-40)42(67)68/h1,22-23,28-31,35-40,58,61-62,64H,5-21,24-25H2,2-3H3,(H,51,69)(H,52,70)(H,53,59)(H,54,60)(H,65,66)(H,67,68)(H4,47,48,55)(H4,49,50,56)/t28-,29-,30+,31+,35+,36+,37+,38+,39+,40+/m0/s1. The number of alkyl carbamates (subject to hydrolysis) is 2. The highest BCUT2D eigenvalue weighted by atomic mass is 16.6. The number of carbonyl (C=O) groups excluding carboxylic acids is 5. The van der Waals surface area contributed by atoms with Crippen LogP contribution in [0.15, 0.2) is 23.7 Å². The first-order chi connectivity index (χ1) is 38.1. The summed E-state index contributed by atoms with van der Waals surface area (Å²) in [4.78, 5) is 87.9. The van der Waals surface area contributed by atoms with E-state index < -0.39 is 133 Å². The molecule has 0 bridgehead atoms. The normalized spacial score (nSPS) is 19.9. The number of guanidine groups is 2. The fourth-order valence-electron chi connectivity index (χ4n) is 7.33. The summed E-state index contributed by atoms with van der Waals surface area (Å²) in [5.41, 5.74) is 10.9. The first kappa shape index (κ1) is 68.8. The highest BCUT2D eigenvalue weighted by molar-refractivity contribution is 5.86. The van der Waals surface area contributed by atoms with Crippen molar-refractivity contribution in [3.63, 3.8) is 0 Å². The lowest BCUT2D eigenvalue weighted by Gasteiger charge is -2.41. The molecule has 34 nitrogen and oxygen atoms in total. The summed E-state index contributed by atoms with van der Waals surface area (Å²) < 4.78 is 53.9. The third kappa shape index (κ3) is 27.0. The molecule has 2 aliphatic heterocycles. The van der Waals surface area contributed by atoms with Gasteiger partial charge in [0.05, 0.1) is 110 Å². The fraction of sp³-hybridized carbons (Fsp3) is 0.674. The number of ether oxygens (including phenoxy) is 10. The monoisotopic (exact) mass is 1150 g/mol. The van der Waals surface area contributed by atoms with Gasteiger partial charge in [-0.25, -0.2) is 19.2 Å². The zero-order chi connectivity index (χ0) is 59.6. The van der Waals surface area contributed by atoms with E-state index in [-0.39, 0.29) is 91.4 Å². The van der Waals surface area contributed by atoms with E-state index >= 15 is 0 Å². The van der Waals surface area contributed by atoms with Crippen molar-refractivity contribution in [1.29, 1.82) is 10.8 Å². The van der Waals surface area contributed by atoms with E-state index in [1.165, 1.54) is 4.90 Å². The van der Waals surface area contributed by atoms with Crippen LogP contribution in [-0.2, 0) is 71.3 Å². The summed E-state index contributed by atoms with van der Waals surface area (Å²) in [6, 6.07) is -4.91. The Morgan fingerprint density at radius 2 is 1.11 bits per heavy atom. The largest absolute Gasteiger partial charge is 0.478 e. The van der Waals surface area contributed by atoms with E-state index in [1.807, 2.05) is 0 Å². The molecule has 0 saturated carbocycles. The molecule has 34 heteroatoms. The molecule has 452 valence electrons. The number of nitrogens with two attached hydrogens (primary N) is 2. The second kappa shape index (κ2) is 38.3. The Labute approximate surface area is 459 Å². The second-order valence-electron chi connectivity index (χ2n) is 17.0. The van der Waals surface area contributed by atoms with Crippen LogP contribution in [-0.4, -0.2) is 269 Å². The van der Waals surface area contributed by atoms with Crippen molar-refractivity contribution < 1.29 is 112 Å². The van der Waals surface area contributed by atoms with Crippen LogP contribution < -0.4 is 43.4 Å². The molecule has 5 amide bonds. The third-order valence-corrected chi connectivity index (χ3v) is 10.9. The molecule has 2 rings (SSSR count). The number of carbonyl (C=O) groups is 7. The molecule has 0 aromatic heterocycles. The number of aliphatic carboxylic acids is 2. The molecule has 0 spiro atoms. The molecule has 0 fully saturated rings. The molecule has 0 aromatic carbocycles. The lowest BCUT2D eigenvalue weighted by molar-refractivity contribution is -0.147. The summed E-state index contributed by atoms with van der Waals surface area (Å²) in [5, 5.41) is 91.1. The first-order valence-corrected chi connectivity index (χ1v) is 24.8. The maximum absolute atomic E-state index is 13.3. The van der Waals surface area contributed by atoms with Crippen LogP contribution in [0.3, 0.4) is 0 Å². The summed E-state index contributed by atoms with van der Waals surface area (Å²) in [5.74, 6) is -5.03. The number of terminal acetylenes is 1. The number of hydrogen-bond acceptors (Lipinski definition) is 23. The Morgan fingerprint density at radius 1 is 0.662 bits per heavy atom. The van der Waals surface area contributed by atoms with Gasteiger partial charge in [0.25, 0.3) is 0 Å². The Kier molecular flexibility index (Phi) is 32.9. The molecule has 2 aliphatic rings. The number of amides is 5. The Bertz CT molecular complexity index is 2120. The van der Waals surface area contributed by atoms with Gasteiger partial charge in [0.2, 0.25) is 29.2 Å². The van der Waals surface area contributed by atoms with Crippen LogP contribution in [0.2, 0.25) is 0 Å². The van der Waals surface area contributed by atoms with Gasteiger partial charge in [-0.2, -0.15) is 0 Å². The van der Waals surface area contributed by atoms with E-state index in [4.69, 9.17) is 76.1 Å². The minimum absolute atomic E-state index is 0.0186. The molecule has 0 unspecified atom stereocenters. The molecule has 0 saturated heterocycles. The zero-order valence-corrected chi connectivity index (χ0v) is 44.2. The molecule has 2 heterocycles. The maximum Gasteiger partial charge on any atom is 0.407 e. The Morgan fingerprint density at radius 3 is 1.57 bits per heavy atom. The van der Waals surface area contributed by atoms with Gasteiger partial charge in [0, 0.05) is 40.0 Å². The van der Waals surface area contributed by atoms with E-state index in [1.54, 1.807) is 0 Å². The Balaban J connectivity index is 1.95. The van der Waals surface area contributed by atoms with Gasteiger partial charge < -0.3 is 126 Å². The number of rotatable bonds is 39. The van der Waals surface area contributed by atoms with Gasteiger partial charge in [-0.05, 0) is 12.2 Å². The van der Waals surface area contributed by atoms with Crippen LogP contribution >= 0.6 is 0 Å². The molecule has 80 heavy (non-hydrogen) atoms. The minimum Gasteiger partial charge on any atom is -0.478 e. The lowest BCUT2D eigenvalue weighted by atomic mass is 9.92. The quantitative estimate of drug-likeness (QED) is 0.0118. The molecule has 0 radical (unpaired) electrons. The van der Waals surface area contributed by atoms with E-state index in [0.29, 0.717) is 26.4 Å². The molecule has 0 aliphatic carbocycles. The van der Waals surface area contributed by atoms with E-state index in [0.717, 1.165) is 26.0 Å². The van der Waals surface area contributed by atoms with Crippen molar-refractivity contribution in [3.05, 3.63) is 23.7 Å². The highest BCUT2D eigenvalue weighted by Gasteiger charge is 2.47. The number of aliphatic hydroxyl groups is 4. The van der Waals surface area contributed by atoms with Crippen LogP contribution in [0.5, 0.6) is 0 Å². The van der Waals surface area contributed by atoms with Gasteiger partial charge in [-0.1, -0.05) is 5.92 Å². The summed E-state index contributed by atoms with van der Waals surface area (Å²) in [6.45, 7) is 1.72. The van der Waals surface area contributed by atoms with Crippen LogP contribution in [0, 0.1) is 23.2 Å². The zero-order valence-electron chi connectivity index (χ0n) is 44.2. The number of hydrogen-bond donors (Lipinski definition) is 16. The SMILES string of the molecule is C#CCOCCOCCOCCOCCC(=O)N(CCOCCNC(=O)OC[C@@H](O)[C@@H](O)[C@@H]1OC(C(=O)O)=C[C@H](NC(=N)N)[C@H]1NC(C)=O)CCOCCNC(=O)O[C@@H]([C@@H]1OC(C(=O)O)=C[C@H](NC(=N)N)[C@H]1NC(C)=O)[C@H](O)CO. The third-order valence-electron chi connectivity index (χ3n) is 10.9. The number of carboxylic acid groups (broad SMARTS) is 2. The predicted octanol–water partition coefficient (Wildman–Crippen LogP) is -6.72. The van der Waals surface area contributed by atoms with Crippen molar-refractivity contribution in [3.8, 4) is 12.3 Å². The van der Waals surface area contributed by atoms with Crippen molar-refractivity contribution in [1.82, 2.24) is 36.8 Å². The van der Waals surface area contributed by atoms with Gasteiger partial charge in [-0.15, -0.1) is 6.42 Å². The van der Waals surface area contributed by atoms with Gasteiger partial charge >= 0.3 is 24.1 Å². The summed E-state index contributed by atoms with van der Waals surface area (Å²) in [6.07, 6.45) is -5.87. The predicted molar refractivity (Wildman–Crippen MR) is 272 cm³/mol. The van der Waals surface area contributed by atoms with Crippen molar-refractivity contribution >= 4 is 53.8 Å². The van der Waals surface area contributed by atoms with Crippen molar-refractivity contribution in [2.24, 2.45) is 11.5 Å². The van der Waals surface area contributed by atoms with Crippen LogP contribution in [0.4, 0.5) is 9.59 Å². The molecular weight excluding hydrogens is 1070 g/mol. The van der Waals surface area contributed by atoms with E-state index in [2.05, 4.69) is 37.8 Å².